The van der Waals surface area contributed by atoms with E-state index in [-0.39, 0.29) is 5.63 Å². The molecule has 1 fully saturated rings. The molecule has 2 aliphatic heterocycles. The summed E-state index contributed by atoms with van der Waals surface area (Å²) in [7, 11) is 0. The normalized spacial score (nSPS) is 20.0. The van der Waals surface area contributed by atoms with Crippen molar-refractivity contribution in [1.29, 1.82) is 0 Å². The molecule has 3 heterocycles. The molecule has 2 N–H and O–H groups in total. The molecular formula is C23H28N2O4+2. The first-order chi connectivity index (χ1) is 14.2. The van der Waals surface area contributed by atoms with Crippen LogP contribution >= 0.6 is 0 Å². The minimum atomic E-state index is -0.287. The van der Waals surface area contributed by atoms with E-state index < -0.39 is 0 Å². The molecule has 1 unspecified atom stereocenters. The number of quaternary nitrogens is 2. The topological polar surface area (TPSA) is 57.5 Å². The third-order valence-corrected chi connectivity index (χ3v) is 6.29. The van der Waals surface area contributed by atoms with Crippen molar-refractivity contribution in [1.82, 2.24) is 0 Å². The Morgan fingerprint density at radius 1 is 1.00 bits per heavy atom. The molecule has 1 aromatic heterocycles. The maximum Gasteiger partial charge on any atom is 0.344 e. The monoisotopic (exact) mass is 396 g/mol. The van der Waals surface area contributed by atoms with Crippen molar-refractivity contribution in [2.45, 2.75) is 19.9 Å². The van der Waals surface area contributed by atoms with Gasteiger partial charge in [-0.15, -0.1) is 0 Å². The van der Waals surface area contributed by atoms with E-state index in [0.717, 1.165) is 61.5 Å². The lowest BCUT2D eigenvalue weighted by atomic mass is 10.00. The lowest BCUT2D eigenvalue weighted by molar-refractivity contribution is -0.942. The first kappa shape index (κ1) is 18.6. The van der Waals surface area contributed by atoms with Crippen LogP contribution in [0.15, 0.2) is 39.5 Å². The van der Waals surface area contributed by atoms with Gasteiger partial charge in [-0.3, -0.25) is 4.90 Å². The quantitative estimate of drug-likeness (QED) is 0.492. The van der Waals surface area contributed by atoms with Crippen LogP contribution in [-0.4, -0.2) is 46.1 Å². The summed E-state index contributed by atoms with van der Waals surface area (Å²) < 4.78 is 17.3. The van der Waals surface area contributed by atoms with Gasteiger partial charge >= 0.3 is 5.63 Å². The fraction of sp³-hybridized carbons (Fsp3) is 0.435. The van der Waals surface area contributed by atoms with Gasteiger partial charge in [-0.2, -0.15) is 0 Å². The summed E-state index contributed by atoms with van der Waals surface area (Å²) in [6.45, 7) is 9.92. The highest BCUT2D eigenvalue weighted by Crippen LogP contribution is 2.34. The van der Waals surface area contributed by atoms with E-state index in [1.54, 1.807) is 4.90 Å². The fourth-order valence-electron chi connectivity index (χ4n) is 4.71. The van der Waals surface area contributed by atoms with Crippen molar-refractivity contribution >= 4 is 21.7 Å². The maximum atomic E-state index is 12.4. The number of fused-ring (bicyclic) bond motifs is 4. The third-order valence-electron chi connectivity index (χ3n) is 6.29. The number of aryl methyl sites for hydroxylation is 1. The van der Waals surface area contributed by atoms with Crippen LogP contribution in [0.2, 0.25) is 0 Å². The van der Waals surface area contributed by atoms with Gasteiger partial charge in [0.15, 0.2) is 0 Å². The molecule has 0 aliphatic carbocycles. The molecule has 152 valence electrons. The summed E-state index contributed by atoms with van der Waals surface area (Å²) in [5, 5.41) is 2.58. The molecule has 5 rings (SSSR count). The Balaban J connectivity index is 1.40. The summed E-state index contributed by atoms with van der Waals surface area (Å²) in [6, 6.07) is 9.84. The molecule has 1 atom stereocenters. The highest BCUT2D eigenvalue weighted by Gasteiger charge is 2.25. The number of benzene rings is 2. The Kier molecular flexibility index (Phi) is 4.99. The Morgan fingerprint density at radius 3 is 2.59 bits per heavy atom. The van der Waals surface area contributed by atoms with Gasteiger partial charge in [0, 0.05) is 22.9 Å². The largest absolute Gasteiger partial charge is 0.444 e. The highest BCUT2D eigenvalue weighted by atomic mass is 16.5. The molecule has 29 heavy (non-hydrogen) atoms. The molecule has 0 spiro atoms. The van der Waals surface area contributed by atoms with Crippen LogP contribution in [-0.2, 0) is 11.3 Å². The Bertz CT molecular complexity index is 1100. The number of morpholine rings is 1. The Hall–Kier alpha value is -2.41. The second kappa shape index (κ2) is 7.78. The van der Waals surface area contributed by atoms with Crippen LogP contribution < -0.4 is 20.2 Å². The first-order valence-corrected chi connectivity index (χ1v) is 10.6. The number of rotatable bonds is 4. The Labute approximate surface area is 169 Å². The summed E-state index contributed by atoms with van der Waals surface area (Å²) in [5.41, 5.74) is 2.49. The lowest BCUT2D eigenvalue weighted by Crippen LogP contribution is -3.16. The number of hydrogen-bond acceptors (Lipinski definition) is 4. The van der Waals surface area contributed by atoms with Gasteiger partial charge in [-0.05, 0) is 24.4 Å². The van der Waals surface area contributed by atoms with Crippen molar-refractivity contribution in [2.24, 2.45) is 0 Å². The molecule has 3 aromatic rings. The molecule has 0 bridgehead atoms. The minimum Gasteiger partial charge on any atom is -0.444 e. The van der Waals surface area contributed by atoms with E-state index in [1.807, 2.05) is 31.2 Å². The number of nitrogens with one attached hydrogen (secondary N) is 2. The predicted octanol–water partition coefficient (Wildman–Crippen LogP) is 0.295. The van der Waals surface area contributed by atoms with Crippen LogP contribution in [0.3, 0.4) is 0 Å². The van der Waals surface area contributed by atoms with Crippen molar-refractivity contribution in [3.05, 3.63) is 51.9 Å². The number of hydrogen-bond donors (Lipinski definition) is 2. The zero-order valence-corrected chi connectivity index (χ0v) is 16.9. The first-order valence-electron chi connectivity index (χ1n) is 10.6. The van der Waals surface area contributed by atoms with Crippen molar-refractivity contribution < 1.29 is 23.7 Å². The molecular weight excluding hydrogens is 368 g/mol. The van der Waals surface area contributed by atoms with E-state index in [9.17, 15) is 4.79 Å². The van der Waals surface area contributed by atoms with E-state index >= 15 is 0 Å². The van der Waals surface area contributed by atoms with Gasteiger partial charge in [0.05, 0.1) is 31.7 Å². The highest BCUT2D eigenvalue weighted by molar-refractivity contribution is 6.06. The van der Waals surface area contributed by atoms with Crippen LogP contribution in [0, 0.1) is 6.92 Å². The SMILES string of the molecule is Cc1c2c(cc3c1oc(=O)c1ccccc13)C[NH+](CCC[NH+]1CCOCC1)CO2. The smallest absolute Gasteiger partial charge is 0.344 e. The lowest BCUT2D eigenvalue weighted by Gasteiger charge is -2.28. The summed E-state index contributed by atoms with van der Waals surface area (Å²) in [6.07, 6.45) is 1.19. The standard InChI is InChI=1S/C23H26N2O4/c1-16-21-17(13-20-18-5-2-3-6-19(18)23(26)29-22(16)20)14-25(15-28-21)8-4-7-24-9-11-27-12-10-24/h2-3,5-6,13H,4,7-12,14-15H2,1H3/p+2. The molecule has 6 nitrogen and oxygen atoms in total. The van der Waals surface area contributed by atoms with Gasteiger partial charge in [0.25, 0.3) is 0 Å². The van der Waals surface area contributed by atoms with E-state index in [2.05, 4.69) is 6.07 Å². The molecule has 1 saturated heterocycles. The zero-order valence-electron chi connectivity index (χ0n) is 16.9. The van der Waals surface area contributed by atoms with E-state index in [0.29, 0.717) is 17.7 Å². The van der Waals surface area contributed by atoms with Crippen molar-refractivity contribution in [3.8, 4) is 5.75 Å². The fourth-order valence-corrected chi connectivity index (χ4v) is 4.71. The second-order valence-electron chi connectivity index (χ2n) is 8.23. The van der Waals surface area contributed by atoms with Crippen molar-refractivity contribution in [3.63, 3.8) is 0 Å². The average Bonchev–Trinajstić information content (AvgIpc) is 2.76. The maximum absolute atomic E-state index is 12.4. The summed E-state index contributed by atoms with van der Waals surface area (Å²) in [4.78, 5) is 15.5. The molecule has 6 heteroatoms. The third kappa shape index (κ3) is 3.52. The second-order valence-corrected chi connectivity index (χ2v) is 8.23. The molecule has 2 aromatic carbocycles. The van der Waals surface area contributed by atoms with E-state index in [1.165, 1.54) is 23.4 Å². The zero-order chi connectivity index (χ0) is 19.8. The minimum absolute atomic E-state index is 0.287. The molecule has 0 radical (unpaired) electrons. The van der Waals surface area contributed by atoms with Crippen molar-refractivity contribution in [2.75, 3.05) is 46.1 Å². The van der Waals surface area contributed by atoms with Crippen LogP contribution in [0.5, 0.6) is 5.75 Å². The van der Waals surface area contributed by atoms with Gasteiger partial charge in [0.2, 0.25) is 6.73 Å². The van der Waals surface area contributed by atoms with Crippen LogP contribution in [0.4, 0.5) is 0 Å². The van der Waals surface area contributed by atoms with Gasteiger partial charge in [-0.1, -0.05) is 18.2 Å². The Morgan fingerprint density at radius 2 is 1.76 bits per heavy atom. The number of ether oxygens (including phenoxy) is 2. The predicted molar refractivity (Wildman–Crippen MR) is 111 cm³/mol. The van der Waals surface area contributed by atoms with E-state index in [4.69, 9.17) is 13.9 Å². The van der Waals surface area contributed by atoms with Gasteiger partial charge in [-0.25, -0.2) is 4.79 Å². The van der Waals surface area contributed by atoms with Gasteiger partial charge in [0.1, 0.15) is 31.0 Å². The van der Waals surface area contributed by atoms with Crippen LogP contribution in [0.25, 0.3) is 21.7 Å². The van der Waals surface area contributed by atoms with Gasteiger partial charge < -0.3 is 18.8 Å². The molecule has 0 amide bonds. The van der Waals surface area contributed by atoms with Crippen LogP contribution in [0.1, 0.15) is 17.5 Å². The summed E-state index contributed by atoms with van der Waals surface area (Å²) in [5.74, 6) is 0.887. The molecule has 2 aliphatic rings. The average molecular weight is 396 g/mol. The summed E-state index contributed by atoms with van der Waals surface area (Å²) >= 11 is 0. The molecule has 0 saturated carbocycles.